The van der Waals surface area contributed by atoms with E-state index in [9.17, 15) is 0 Å². The van der Waals surface area contributed by atoms with Crippen molar-refractivity contribution in [3.8, 4) is 0 Å². The van der Waals surface area contributed by atoms with E-state index in [1.165, 1.54) is 18.4 Å². The number of imidazole rings is 1. The van der Waals surface area contributed by atoms with Gasteiger partial charge in [-0.25, -0.2) is 4.98 Å². The van der Waals surface area contributed by atoms with Crippen LogP contribution in [0, 0.1) is 0 Å². The van der Waals surface area contributed by atoms with Crippen molar-refractivity contribution in [3.05, 3.63) is 54.2 Å². The molecule has 0 unspecified atom stereocenters. The molecule has 0 saturated heterocycles. The molecule has 1 saturated carbocycles. The SMILES string of the molecule is c1ccc2c(c1)ncn2Cc1cc(CNC2CC2)co1. The average Bonchev–Trinajstić information content (AvgIpc) is 3.06. The van der Waals surface area contributed by atoms with Gasteiger partial charge in [-0.15, -0.1) is 0 Å². The Labute approximate surface area is 117 Å². The zero-order valence-electron chi connectivity index (χ0n) is 11.2. The van der Waals surface area contributed by atoms with Gasteiger partial charge in [-0.05, 0) is 31.0 Å². The molecule has 0 spiro atoms. The normalized spacial score (nSPS) is 15.0. The molecule has 4 heteroatoms. The number of benzene rings is 1. The molecule has 0 atom stereocenters. The number of nitrogens with one attached hydrogen (secondary N) is 1. The van der Waals surface area contributed by atoms with Crippen molar-refractivity contribution in [2.75, 3.05) is 0 Å². The van der Waals surface area contributed by atoms with Crippen LogP contribution >= 0.6 is 0 Å². The van der Waals surface area contributed by atoms with E-state index in [-0.39, 0.29) is 0 Å². The summed E-state index contributed by atoms with van der Waals surface area (Å²) in [6.45, 7) is 1.63. The minimum Gasteiger partial charge on any atom is -0.467 e. The fraction of sp³-hybridized carbons (Fsp3) is 0.312. The second-order valence-corrected chi connectivity index (χ2v) is 5.44. The minimum atomic E-state index is 0.726. The van der Waals surface area contributed by atoms with Gasteiger partial charge in [-0.2, -0.15) is 0 Å². The predicted octanol–water partition coefficient (Wildman–Crippen LogP) is 2.93. The third kappa shape index (κ3) is 2.34. The highest BCUT2D eigenvalue weighted by atomic mass is 16.3. The molecule has 3 aromatic rings. The van der Waals surface area contributed by atoms with E-state index in [2.05, 4.69) is 27.0 Å². The number of hydrogen-bond acceptors (Lipinski definition) is 3. The highest BCUT2D eigenvalue weighted by molar-refractivity contribution is 5.74. The van der Waals surface area contributed by atoms with Crippen LogP contribution in [0.5, 0.6) is 0 Å². The average molecular weight is 267 g/mol. The lowest BCUT2D eigenvalue weighted by molar-refractivity contribution is 0.493. The van der Waals surface area contributed by atoms with Gasteiger partial charge in [-0.3, -0.25) is 0 Å². The van der Waals surface area contributed by atoms with Crippen molar-refractivity contribution in [1.82, 2.24) is 14.9 Å². The molecule has 0 aliphatic heterocycles. The number of hydrogen-bond donors (Lipinski definition) is 1. The van der Waals surface area contributed by atoms with Gasteiger partial charge in [0.25, 0.3) is 0 Å². The highest BCUT2D eigenvalue weighted by Gasteiger charge is 2.20. The van der Waals surface area contributed by atoms with E-state index >= 15 is 0 Å². The van der Waals surface area contributed by atoms with Gasteiger partial charge >= 0.3 is 0 Å². The van der Waals surface area contributed by atoms with Gasteiger partial charge in [0.2, 0.25) is 0 Å². The summed E-state index contributed by atoms with van der Waals surface area (Å²) in [7, 11) is 0. The van der Waals surface area contributed by atoms with E-state index in [1.54, 1.807) is 0 Å². The first-order chi connectivity index (χ1) is 9.88. The summed E-state index contributed by atoms with van der Waals surface area (Å²) >= 11 is 0. The van der Waals surface area contributed by atoms with Crippen LogP contribution in [0.25, 0.3) is 11.0 Å². The summed E-state index contributed by atoms with van der Waals surface area (Å²) < 4.78 is 7.77. The third-order valence-corrected chi connectivity index (χ3v) is 3.73. The highest BCUT2D eigenvalue weighted by Crippen LogP contribution is 2.20. The van der Waals surface area contributed by atoms with E-state index in [4.69, 9.17) is 4.42 Å². The lowest BCUT2D eigenvalue weighted by atomic mass is 10.3. The number of rotatable bonds is 5. The second-order valence-electron chi connectivity index (χ2n) is 5.44. The third-order valence-electron chi connectivity index (χ3n) is 3.73. The van der Waals surface area contributed by atoms with Crippen molar-refractivity contribution in [1.29, 1.82) is 0 Å². The van der Waals surface area contributed by atoms with Crippen molar-refractivity contribution < 1.29 is 4.42 Å². The van der Waals surface area contributed by atoms with Gasteiger partial charge < -0.3 is 14.3 Å². The number of para-hydroxylation sites is 2. The molecule has 1 fully saturated rings. The first kappa shape index (κ1) is 11.7. The molecule has 1 aliphatic carbocycles. The zero-order valence-corrected chi connectivity index (χ0v) is 11.2. The number of furan rings is 1. The van der Waals surface area contributed by atoms with Gasteiger partial charge in [-0.1, -0.05) is 12.1 Å². The molecule has 1 aliphatic rings. The summed E-state index contributed by atoms with van der Waals surface area (Å²) in [6.07, 6.45) is 6.34. The quantitative estimate of drug-likeness (QED) is 0.773. The van der Waals surface area contributed by atoms with E-state index in [1.807, 2.05) is 30.8 Å². The Morgan fingerprint density at radius 3 is 3.10 bits per heavy atom. The van der Waals surface area contributed by atoms with Crippen LogP contribution in [0.3, 0.4) is 0 Å². The van der Waals surface area contributed by atoms with Gasteiger partial charge in [0, 0.05) is 18.2 Å². The first-order valence-electron chi connectivity index (χ1n) is 7.08. The fourth-order valence-corrected chi connectivity index (χ4v) is 2.46. The number of nitrogens with zero attached hydrogens (tertiary/aromatic N) is 2. The van der Waals surface area contributed by atoms with E-state index in [0.29, 0.717) is 0 Å². The molecule has 0 amide bonds. The molecule has 4 rings (SSSR count). The minimum absolute atomic E-state index is 0.726. The van der Waals surface area contributed by atoms with E-state index < -0.39 is 0 Å². The van der Waals surface area contributed by atoms with E-state index in [0.717, 1.165) is 35.9 Å². The lowest BCUT2D eigenvalue weighted by Gasteiger charge is -2.00. The molecule has 1 aromatic carbocycles. The molecule has 4 nitrogen and oxygen atoms in total. The van der Waals surface area contributed by atoms with Crippen LogP contribution in [0.15, 0.2) is 47.3 Å². The van der Waals surface area contributed by atoms with Gasteiger partial charge in [0.05, 0.1) is 30.2 Å². The summed E-state index contributed by atoms with van der Waals surface area (Å²) in [5.41, 5.74) is 3.38. The van der Waals surface area contributed by atoms with Crippen LogP contribution in [-0.2, 0) is 13.1 Å². The molecule has 2 aromatic heterocycles. The smallest absolute Gasteiger partial charge is 0.123 e. The lowest BCUT2D eigenvalue weighted by Crippen LogP contribution is -2.14. The van der Waals surface area contributed by atoms with Crippen LogP contribution < -0.4 is 5.32 Å². The van der Waals surface area contributed by atoms with Crippen molar-refractivity contribution in [2.24, 2.45) is 0 Å². The molecule has 1 N–H and O–H groups in total. The van der Waals surface area contributed by atoms with Crippen LogP contribution in [0.4, 0.5) is 0 Å². The van der Waals surface area contributed by atoms with Crippen LogP contribution in [0.2, 0.25) is 0 Å². The summed E-state index contributed by atoms with van der Waals surface area (Å²) in [6, 6.07) is 11.0. The van der Waals surface area contributed by atoms with Gasteiger partial charge in [0.15, 0.2) is 0 Å². The maximum absolute atomic E-state index is 5.65. The molecule has 2 heterocycles. The monoisotopic (exact) mass is 267 g/mol. The first-order valence-corrected chi connectivity index (χ1v) is 7.08. The Kier molecular flexibility index (Phi) is 2.81. The number of fused-ring (bicyclic) bond motifs is 1. The molecular formula is C16H17N3O. The topological polar surface area (TPSA) is 43.0 Å². The Bertz CT molecular complexity index is 724. The van der Waals surface area contributed by atoms with Crippen LogP contribution in [-0.4, -0.2) is 15.6 Å². The maximum Gasteiger partial charge on any atom is 0.123 e. The Balaban J connectivity index is 1.50. The molecule has 0 radical (unpaired) electrons. The largest absolute Gasteiger partial charge is 0.467 e. The van der Waals surface area contributed by atoms with Crippen LogP contribution in [0.1, 0.15) is 24.2 Å². The molecule has 20 heavy (non-hydrogen) atoms. The predicted molar refractivity (Wildman–Crippen MR) is 77.4 cm³/mol. The summed E-state index contributed by atoms with van der Waals surface area (Å²) in [4.78, 5) is 4.40. The Morgan fingerprint density at radius 2 is 2.20 bits per heavy atom. The Morgan fingerprint density at radius 1 is 1.30 bits per heavy atom. The summed E-state index contributed by atoms with van der Waals surface area (Å²) in [5, 5.41) is 3.50. The number of aromatic nitrogens is 2. The maximum atomic E-state index is 5.65. The Hall–Kier alpha value is -2.07. The molecule has 102 valence electrons. The standard InChI is InChI=1S/C16H17N3O/c1-2-4-16-15(3-1)18-11-19(16)9-14-7-12(10-20-14)8-17-13-5-6-13/h1-4,7,10-11,13,17H,5-6,8-9H2. The zero-order chi connectivity index (χ0) is 13.4. The molecule has 0 bridgehead atoms. The fourth-order valence-electron chi connectivity index (χ4n) is 2.46. The summed E-state index contributed by atoms with van der Waals surface area (Å²) in [5.74, 6) is 0.973. The second kappa shape index (κ2) is 4.80. The van der Waals surface area contributed by atoms with Crippen molar-refractivity contribution in [2.45, 2.75) is 32.0 Å². The van der Waals surface area contributed by atoms with Gasteiger partial charge in [0.1, 0.15) is 5.76 Å². The van der Waals surface area contributed by atoms with Crippen molar-refractivity contribution >= 4 is 11.0 Å². The van der Waals surface area contributed by atoms with Crippen molar-refractivity contribution in [3.63, 3.8) is 0 Å². The molecular weight excluding hydrogens is 250 g/mol.